The van der Waals surface area contributed by atoms with Crippen LogP contribution in [0.1, 0.15) is 5.69 Å². The molecule has 1 aliphatic rings. The molecule has 2 aromatic carbocycles. The lowest BCUT2D eigenvalue weighted by Crippen LogP contribution is -2.00. The third kappa shape index (κ3) is 2.17. The Morgan fingerprint density at radius 3 is 2.65 bits per heavy atom. The molecule has 0 aliphatic carbocycles. The Morgan fingerprint density at radius 2 is 1.87 bits per heavy atom. The number of halogens is 1. The minimum absolute atomic E-state index is 0.166. The average Bonchev–Trinajstić information content (AvgIpc) is 3.21. The van der Waals surface area contributed by atoms with Gasteiger partial charge in [-0.05, 0) is 42.5 Å². The van der Waals surface area contributed by atoms with Crippen LogP contribution in [0.2, 0.25) is 0 Å². The van der Waals surface area contributed by atoms with Crippen molar-refractivity contribution in [1.29, 1.82) is 5.26 Å². The normalized spacial score (nSPS) is 12.2. The quantitative estimate of drug-likeness (QED) is 0.727. The maximum Gasteiger partial charge on any atom is 0.231 e. The van der Waals surface area contributed by atoms with Gasteiger partial charge in [-0.1, -0.05) is 5.21 Å². The molecule has 0 spiro atoms. The molecule has 0 bridgehead atoms. The second kappa shape index (κ2) is 5.10. The lowest BCUT2D eigenvalue weighted by atomic mass is 10.1. The van der Waals surface area contributed by atoms with Gasteiger partial charge < -0.3 is 9.47 Å². The molecule has 23 heavy (non-hydrogen) atoms. The average molecular weight is 308 g/mol. The first-order valence-electron chi connectivity index (χ1n) is 6.78. The van der Waals surface area contributed by atoms with E-state index in [1.54, 1.807) is 30.3 Å². The van der Waals surface area contributed by atoms with E-state index in [4.69, 9.17) is 9.47 Å². The van der Waals surface area contributed by atoms with Crippen LogP contribution in [0.4, 0.5) is 4.39 Å². The standard InChI is InChI=1S/C16H9FN4O2/c17-11-2-4-12(5-3-11)21-16(13(8-18)19-20-21)10-1-6-14-15(7-10)23-9-22-14/h1-7H,9H2. The Kier molecular flexibility index (Phi) is 2.95. The monoisotopic (exact) mass is 308 g/mol. The van der Waals surface area contributed by atoms with Crippen LogP contribution in [-0.4, -0.2) is 21.8 Å². The zero-order valence-electron chi connectivity index (χ0n) is 11.7. The van der Waals surface area contributed by atoms with E-state index in [-0.39, 0.29) is 18.3 Å². The maximum atomic E-state index is 13.1. The molecule has 0 saturated heterocycles. The first-order chi connectivity index (χ1) is 11.3. The van der Waals surface area contributed by atoms with E-state index in [0.29, 0.717) is 28.4 Å². The van der Waals surface area contributed by atoms with Crippen LogP contribution in [-0.2, 0) is 0 Å². The summed E-state index contributed by atoms with van der Waals surface area (Å²) >= 11 is 0. The fourth-order valence-corrected chi connectivity index (χ4v) is 2.42. The number of benzene rings is 2. The molecule has 2 heterocycles. The van der Waals surface area contributed by atoms with Crippen molar-refractivity contribution in [3.63, 3.8) is 0 Å². The van der Waals surface area contributed by atoms with Gasteiger partial charge in [0.1, 0.15) is 17.6 Å². The summed E-state index contributed by atoms with van der Waals surface area (Å²) in [5.74, 6) is 0.894. The summed E-state index contributed by atoms with van der Waals surface area (Å²) in [5, 5.41) is 17.2. The second-order valence-electron chi connectivity index (χ2n) is 4.85. The first-order valence-corrected chi connectivity index (χ1v) is 6.78. The van der Waals surface area contributed by atoms with Gasteiger partial charge in [0, 0.05) is 5.56 Å². The number of aromatic nitrogens is 3. The highest BCUT2D eigenvalue weighted by atomic mass is 19.1. The molecule has 0 unspecified atom stereocenters. The Balaban J connectivity index is 1.89. The minimum atomic E-state index is -0.348. The highest BCUT2D eigenvalue weighted by molar-refractivity contribution is 5.70. The van der Waals surface area contributed by atoms with Crippen LogP contribution >= 0.6 is 0 Å². The fraction of sp³-hybridized carbons (Fsp3) is 0.0625. The molecule has 3 aromatic rings. The summed E-state index contributed by atoms with van der Waals surface area (Å²) < 4.78 is 25.3. The highest BCUT2D eigenvalue weighted by Crippen LogP contribution is 2.36. The van der Waals surface area contributed by atoms with Crippen LogP contribution in [0.25, 0.3) is 16.9 Å². The largest absolute Gasteiger partial charge is 0.454 e. The van der Waals surface area contributed by atoms with Crippen molar-refractivity contribution < 1.29 is 13.9 Å². The summed E-state index contributed by atoms with van der Waals surface area (Å²) in [4.78, 5) is 0. The predicted molar refractivity (Wildman–Crippen MR) is 77.6 cm³/mol. The van der Waals surface area contributed by atoms with Crippen molar-refractivity contribution >= 4 is 0 Å². The Hall–Kier alpha value is -3.40. The molecule has 7 heteroatoms. The molecule has 0 N–H and O–H groups in total. The Labute approximate surface area is 130 Å². The van der Waals surface area contributed by atoms with E-state index < -0.39 is 0 Å². The van der Waals surface area contributed by atoms with Gasteiger partial charge in [-0.2, -0.15) is 5.26 Å². The number of fused-ring (bicyclic) bond motifs is 1. The van der Waals surface area contributed by atoms with Gasteiger partial charge in [-0.15, -0.1) is 5.10 Å². The van der Waals surface area contributed by atoms with Crippen molar-refractivity contribution in [2.24, 2.45) is 0 Å². The van der Waals surface area contributed by atoms with Crippen LogP contribution < -0.4 is 9.47 Å². The van der Waals surface area contributed by atoms with E-state index in [2.05, 4.69) is 10.3 Å². The van der Waals surface area contributed by atoms with Gasteiger partial charge in [-0.25, -0.2) is 9.07 Å². The van der Waals surface area contributed by atoms with Gasteiger partial charge in [0.05, 0.1) is 5.69 Å². The number of nitrogens with zero attached hydrogens (tertiary/aromatic N) is 4. The van der Waals surface area contributed by atoms with Crippen molar-refractivity contribution in [3.05, 3.63) is 54.0 Å². The van der Waals surface area contributed by atoms with Crippen molar-refractivity contribution in [2.75, 3.05) is 6.79 Å². The van der Waals surface area contributed by atoms with Crippen LogP contribution in [0, 0.1) is 17.1 Å². The minimum Gasteiger partial charge on any atom is -0.454 e. The van der Waals surface area contributed by atoms with E-state index in [0.717, 1.165) is 0 Å². The molecule has 0 atom stereocenters. The topological polar surface area (TPSA) is 73.0 Å². The lowest BCUT2D eigenvalue weighted by Gasteiger charge is -2.07. The predicted octanol–water partition coefficient (Wildman–Crippen LogP) is 2.67. The summed E-state index contributed by atoms with van der Waals surface area (Å²) in [7, 11) is 0. The van der Waals surface area contributed by atoms with E-state index in [9.17, 15) is 9.65 Å². The zero-order chi connectivity index (χ0) is 15.8. The van der Waals surface area contributed by atoms with Gasteiger partial charge in [0.15, 0.2) is 17.2 Å². The van der Waals surface area contributed by atoms with Gasteiger partial charge >= 0.3 is 0 Å². The van der Waals surface area contributed by atoms with Crippen molar-refractivity contribution in [1.82, 2.24) is 15.0 Å². The summed E-state index contributed by atoms with van der Waals surface area (Å²) in [6.07, 6.45) is 0. The van der Waals surface area contributed by atoms with Crippen molar-refractivity contribution in [2.45, 2.75) is 0 Å². The van der Waals surface area contributed by atoms with Crippen molar-refractivity contribution in [3.8, 4) is 34.5 Å². The number of hydrogen-bond acceptors (Lipinski definition) is 5. The van der Waals surface area contributed by atoms with E-state index in [1.165, 1.54) is 16.8 Å². The smallest absolute Gasteiger partial charge is 0.231 e. The maximum absolute atomic E-state index is 13.1. The summed E-state index contributed by atoms with van der Waals surface area (Å²) in [6.45, 7) is 0.166. The second-order valence-corrected chi connectivity index (χ2v) is 4.85. The molecular weight excluding hydrogens is 299 g/mol. The highest BCUT2D eigenvalue weighted by Gasteiger charge is 2.20. The number of rotatable bonds is 2. The third-order valence-electron chi connectivity index (χ3n) is 3.49. The molecule has 1 aliphatic heterocycles. The number of ether oxygens (including phenoxy) is 2. The van der Waals surface area contributed by atoms with E-state index in [1.807, 2.05) is 6.07 Å². The van der Waals surface area contributed by atoms with E-state index >= 15 is 0 Å². The molecule has 0 fully saturated rings. The lowest BCUT2D eigenvalue weighted by molar-refractivity contribution is 0.174. The van der Waals surface area contributed by atoms with Crippen LogP contribution in [0.5, 0.6) is 11.5 Å². The number of nitriles is 1. The Morgan fingerprint density at radius 1 is 1.09 bits per heavy atom. The zero-order valence-corrected chi connectivity index (χ0v) is 11.7. The SMILES string of the molecule is N#Cc1nnn(-c2ccc(F)cc2)c1-c1ccc2c(c1)OCO2. The molecule has 0 amide bonds. The first kappa shape index (κ1) is 13.3. The van der Waals surface area contributed by atoms with Gasteiger partial charge in [-0.3, -0.25) is 0 Å². The fourth-order valence-electron chi connectivity index (χ4n) is 2.42. The Bertz CT molecular complexity index is 928. The van der Waals surface area contributed by atoms with Crippen LogP contribution in [0.15, 0.2) is 42.5 Å². The molecular formula is C16H9FN4O2. The molecule has 112 valence electrons. The van der Waals surface area contributed by atoms with Gasteiger partial charge in [0.2, 0.25) is 6.79 Å². The van der Waals surface area contributed by atoms with Crippen LogP contribution in [0.3, 0.4) is 0 Å². The number of hydrogen-bond donors (Lipinski definition) is 0. The molecule has 4 rings (SSSR count). The third-order valence-corrected chi connectivity index (χ3v) is 3.49. The summed E-state index contributed by atoms with van der Waals surface area (Å²) in [5.41, 5.74) is 2.00. The molecule has 6 nitrogen and oxygen atoms in total. The molecule has 1 aromatic heterocycles. The van der Waals surface area contributed by atoms with Gasteiger partial charge in [0.25, 0.3) is 0 Å². The summed E-state index contributed by atoms with van der Waals surface area (Å²) in [6, 6.07) is 13.1. The molecule has 0 radical (unpaired) electrons. The molecule has 0 saturated carbocycles.